The van der Waals surface area contributed by atoms with E-state index in [1.165, 1.54) is 17.8 Å². The van der Waals surface area contributed by atoms with Crippen molar-refractivity contribution in [1.82, 2.24) is 14.8 Å². The Balaban J connectivity index is 2.30. The second kappa shape index (κ2) is 4.52. The maximum Gasteiger partial charge on any atom is 0.443 e. The number of ketones is 1. The van der Waals surface area contributed by atoms with Gasteiger partial charge in [0.15, 0.2) is 16.6 Å². The summed E-state index contributed by atoms with van der Waals surface area (Å²) in [5.41, 5.74) is 0.360. The quantitative estimate of drug-likeness (QED) is 0.809. The van der Waals surface area contributed by atoms with Crippen molar-refractivity contribution >= 4 is 17.1 Å². The van der Waals surface area contributed by atoms with Gasteiger partial charge in [-0.05, 0) is 0 Å². The standard InChI is InChI=1S/C10H8F3N3OS/c1-2-7(17)6-3-14-16(4-6)8-5-18-9(15-8)10(11,12)13/h3-5H,2H2,1H3. The molecule has 0 spiro atoms. The zero-order valence-electron chi connectivity index (χ0n) is 9.23. The fourth-order valence-corrected chi connectivity index (χ4v) is 1.95. The van der Waals surface area contributed by atoms with Gasteiger partial charge in [0, 0.05) is 18.0 Å². The van der Waals surface area contributed by atoms with Crippen LogP contribution in [0.5, 0.6) is 0 Å². The molecule has 0 aromatic carbocycles. The van der Waals surface area contributed by atoms with E-state index >= 15 is 0 Å². The van der Waals surface area contributed by atoms with Crippen LogP contribution in [0.2, 0.25) is 0 Å². The number of Topliss-reactive ketones (excluding diaryl/α,β-unsaturated/α-hetero) is 1. The van der Waals surface area contributed by atoms with E-state index in [4.69, 9.17) is 0 Å². The lowest BCUT2D eigenvalue weighted by Gasteiger charge is -1.99. The molecule has 0 N–H and O–H groups in total. The highest BCUT2D eigenvalue weighted by Gasteiger charge is 2.34. The van der Waals surface area contributed by atoms with Gasteiger partial charge in [-0.3, -0.25) is 4.79 Å². The molecule has 0 fully saturated rings. The highest BCUT2D eigenvalue weighted by molar-refractivity contribution is 7.10. The molecule has 8 heteroatoms. The summed E-state index contributed by atoms with van der Waals surface area (Å²) >= 11 is 0.493. The molecule has 2 rings (SSSR count). The molecule has 0 saturated heterocycles. The monoisotopic (exact) mass is 275 g/mol. The van der Waals surface area contributed by atoms with Gasteiger partial charge in [-0.2, -0.15) is 18.3 Å². The first-order valence-corrected chi connectivity index (χ1v) is 5.90. The third-order valence-corrected chi connectivity index (χ3v) is 3.07. The lowest BCUT2D eigenvalue weighted by molar-refractivity contribution is -0.137. The third-order valence-electron chi connectivity index (χ3n) is 2.19. The second-order valence-electron chi connectivity index (χ2n) is 3.46. The fraction of sp³-hybridized carbons (Fsp3) is 0.300. The highest BCUT2D eigenvalue weighted by Crippen LogP contribution is 2.32. The molecule has 0 aliphatic heterocycles. The number of carbonyl (C=O) groups is 1. The normalized spacial score (nSPS) is 11.8. The Kier molecular flexibility index (Phi) is 3.20. The fourth-order valence-electron chi connectivity index (χ4n) is 1.30. The van der Waals surface area contributed by atoms with E-state index in [9.17, 15) is 18.0 Å². The molecule has 96 valence electrons. The summed E-state index contributed by atoms with van der Waals surface area (Å²) in [4.78, 5) is 14.8. The smallest absolute Gasteiger partial charge is 0.294 e. The van der Waals surface area contributed by atoms with E-state index in [1.807, 2.05) is 0 Å². The number of hydrogen-bond acceptors (Lipinski definition) is 4. The van der Waals surface area contributed by atoms with Gasteiger partial charge in [-0.1, -0.05) is 6.92 Å². The average molecular weight is 275 g/mol. The molecular weight excluding hydrogens is 267 g/mol. The molecule has 18 heavy (non-hydrogen) atoms. The van der Waals surface area contributed by atoms with Crippen molar-refractivity contribution in [2.24, 2.45) is 0 Å². The minimum atomic E-state index is -4.46. The number of halogens is 3. The van der Waals surface area contributed by atoms with E-state index in [2.05, 4.69) is 10.1 Å². The Bertz CT molecular complexity index is 573. The second-order valence-corrected chi connectivity index (χ2v) is 4.32. The Hall–Kier alpha value is -1.70. The molecule has 0 aliphatic carbocycles. The SMILES string of the molecule is CCC(=O)c1cnn(-c2csc(C(F)(F)F)n2)c1. The van der Waals surface area contributed by atoms with Crippen LogP contribution in [-0.2, 0) is 6.18 Å². The zero-order valence-corrected chi connectivity index (χ0v) is 10.0. The summed E-state index contributed by atoms with van der Waals surface area (Å²) in [6.07, 6.45) is -1.45. The number of aromatic nitrogens is 3. The molecule has 0 saturated carbocycles. The molecule has 0 bridgehead atoms. The minimum absolute atomic E-state index is 0.0579. The Morgan fingerprint density at radius 1 is 1.50 bits per heavy atom. The first kappa shape index (κ1) is 12.7. The van der Waals surface area contributed by atoms with Crippen molar-refractivity contribution < 1.29 is 18.0 Å². The van der Waals surface area contributed by atoms with Gasteiger partial charge in [0.2, 0.25) is 0 Å². The summed E-state index contributed by atoms with van der Waals surface area (Å²) in [5.74, 6) is -0.0602. The summed E-state index contributed by atoms with van der Waals surface area (Å²) in [7, 11) is 0. The zero-order chi connectivity index (χ0) is 13.3. The number of alkyl halides is 3. The van der Waals surface area contributed by atoms with Crippen molar-refractivity contribution in [3.05, 3.63) is 28.3 Å². The van der Waals surface area contributed by atoms with Crippen LogP contribution < -0.4 is 0 Å². The van der Waals surface area contributed by atoms with Crippen LogP contribution in [0, 0.1) is 0 Å². The van der Waals surface area contributed by atoms with Crippen LogP contribution >= 0.6 is 11.3 Å². The number of thiazole rings is 1. The molecule has 0 aliphatic rings. The molecule has 0 atom stereocenters. The van der Waals surface area contributed by atoms with Gasteiger partial charge in [0.1, 0.15) is 0 Å². The van der Waals surface area contributed by atoms with Gasteiger partial charge < -0.3 is 0 Å². The van der Waals surface area contributed by atoms with Crippen molar-refractivity contribution in [3.8, 4) is 5.82 Å². The molecular formula is C10H8F3N3OS. The predicted molar refractivity (Wildman–Crippen MR) is 58.9 cm³/mol. The maximum atomic E-state index is 12.4. The lowest BCUT2D eigenvalue weighted by Crippen LogP contribution is -2.05. The van der Waals surface area contributed by atoms with Crippen LogP contribution in [0.25, 0.3) is 5.82 Å². The number of rotatable bonds is 3. The summed E-state index contributed by atoms with van der Waals surface area (Å²) in [6, 6.07) is 0. The Morgan fingerprint density at radius 3 is 2.78 bits per heavy atom. The largest absolute Gasteiger partial charge is 0.443 e. The number of nitrogens with zero attached hydrogens (tertiary/aromatic N) is 3. The summed E-state index contributed by atoms with van der Waals surface area (Å²) < 4.78 is 38.3. The van der Waals surface area contributed by atoms with Crippen molar-refractivity contribution in [1.29, 1.82) is 0 Å². The van der Waals surface area contributed by atoms with E-state index in [1.54, 1.807) is 6.92 Å². The van der Waals surface area contributed by atoms with Crippen LogP contribution in [0.4, 0.5) is 13.2 Å². The van der Waals surface area contributed by atoms with Crippen molar-refractivity contribution in [2.45, 2.75) is 19.5 Å². The molecule has 0 radical (unpaired) electrons. The topological polar surface area (TPSA) is 47.8 Å². The van der Waals surface area contributed by atoms with Gasteiger partial charge in [-0.15, -0.1) is 11.3 Å². The molecule has 0 amide bonds. The van der Waals surface area contributed by atoms with Crippen LogP contribution in [-0.4, -0.2) is 20.5 Å². The first-order valence-electron chi connectivity index (χ1n) is 5.02. The summed E-state index contributed by atoms with van der Waals surface area (Å²) in [6.45, 7) is 1.70. The van der Waals surface area contributed by atoms with Gasteiger partial charge >= 0.3 is 6.18 Å². The third kappa shape index (κ3) is 2.42. The summed E-state index contributed by atoms with van der Waals surface area (Å²) in [5, 5.41) is 4.14. The predicted octanol–water partition coefficient (Wildman–Crippen LogP) is 2.94. The number of carbonyl (C=O) groups excluding carboxylic acids is 1. The van der Waals surface area contributed by atoms with E-state index in [0.717, 1.165) is 4.68 Å². The highest BCUT2D eigenvalue weighted by atomic mass is 32.1. The van der Waals surface area contributed by atoms with Gasteiger partial charge in [0.25, 0.3) is 0 Å². The molecule has 2 aromatic heterocycles. The van der Waals surface area contributed by atoms with E-state index in [0.29, 0.717) is 23.3 Å². The van der Waals surface area contributed by atoms with Crippen molar-refractivity contribution in [2.75, 3.05) is 0 Å². The molecule has 2 aromatic rings. The van der Waals surface area contributed by atoms with Crippen LogP contribution in [0.3, 0.4) is 0 Å². The van der Waals surface area contributed by atoms with E-state index < -0.39 is 11.2 Å². The Morgan fingerprint density at radius 2 is 2.22 bits per heavy atom. The van der Waals surface area contributed by atoms with Crippen LogP contribution in [0.1, 0.15) is 28.7 Å². The van der Waals surface area contributed by atoms with Crippen LogP contribution in [0.15, 0.2) is 17.8 Å². The molecule has 4 nitrogen and oxygen atoms in total. The number of hydrogen-bond donors (Lipinski definition) is 0. The van der Waals surface area contributed by atoms with Gasteiger partial charge in [0.05, 0.1) is 11.8 Å². The molecule has 0 unspecified atom stereocenters. The lowest BCUT2D eigenvalue weighted by atomic mass is 10.2. The van der Waals surface area contributed by atoms with E-state index in [-0.39, 0.29) is 11.6 Å². The Labute approximate surface area is 104 Å². The maximum absolute atomic E-state index is 12.4. The minimum Gasteiger partial charge on any atom is -0.294 e. The first-order chi connectivity index (χ1) is 8.41. The van der Waals surface area contributed by atoms with Gasteiger partial charge in [-0.25, -0.2) is 9.67 Å². The van der Waals surface area contributed by atoms with Crippen molar-refractivity contribution in [3.63, 3.8) is 0 Å². The average Bonchev–Trinajstić information content (AvgIpc) is 2.94. The molecule has 2 heterocycles.